The summed E-state index contributed by atoms with van der Waals surface area (Å²) in [6.07, 6.45) is 4.30. The Kier molecular flexibility index (Phi) is 11.2. The van der Waals surface area contributed by atoms with Gasteiger partial charge in [0.25, 0.3) is 5.91 Å². The van der Waals surface area contributed by atoms with Crippen LogP contribution in [0.5, 0.6) is 0 Å². The minimum atomic E-state index is -0.914. The number of carboxylic acid groups (broad SMARTS) is 1. The van der Waals surface area contributed by atoms with Crippen molar-refractivity contribution in [3.05, 3.63) is 59.2 Å². The molecular formula is C38H53N5O6. The van der Waals surface area contributed by atoms with E-state index in [1.165, 1.54) is 12.2 Å². The summed E-state index contributed by atoms with van der Waals surface area (Å²) in [4.78, 5) is 38.2. The van der Waals surface area contributed by atoms with E-state index in [1.807, 2.05) is 24.3 Å². The molecule has 49 heavy (non-hydrogen) atoms. The first-order valence-electron chi connectivity index (χ1n) is 17.4. The molecule has 4 aromatic rings. The number of ether oxygens (including phenoxy) is 2. The molecule has 1 N–H and O–H groups in total. The number of aromatic nitrogens is 4. The van der Waals surface area contributed by atoms with Crippen molar-refractivity contribution in [1.82, 2.24) is 24.2 Å². The second-order valence-electron chi connectivity index (χ2n) is 15.4. The summed E-state index contributed by atoms with van der Waals surface area (Å²) in [5, 5.41) is 10.4. The number of fused-ring (bicyclic) bond motifs is 2. The zero-order valence-electron chi connectivity index (χ0n) is 30.4. The molecule has 4 heterocycles. The van der Waals surface area contributed by atoms with Crippen LogP contribution in [0, 0.1) is 11.8 Å². The standard InChI is InChI=1S/C20H29N3O3.C18H24N2O3/c1-20(2,3)19-21-16-12-15(18(24)22(4)25-5)6-7-17(16)23(19)13-14-8-10-26-11-9-14;1-18(2,3)17-19-14-10-13(16(21)22)4-5-15(14)20(17)11-12-6-8-23-9-7-12/h6-7,12,14H,8-11,13H2,1-5H3;4-5,10,12H,6-9,11H2,1-3H3,(H,21,22). The first-order valence-corrected chi connectivity index (χ1v) is 17.4. The van der Waals surface area contributed by atoms with Crippen LogP contribution in [0.15, 0.2) is 36.4 Å². The first kappa shape index (κ1) is 36.5. The largest absolute Gasteiger partial charge is 0.478 e. The van der Waals surface area contributed by atoms with E-state index in [9.17, 15) is 14.7 Å². The van der Waals surface area contributed by atoms with Crippen molar-refractivity contribution in [3.63, 3.8) is 0 Å². The van der Waals surface area contributed by atoms with Crippen LogP contribution in [0.1, 0.15) is 99.6 Å². The van der Waals surface area contributed by atoms with Crippen LogP contribution in [0.25, 0.3) is 22.1 Å². The molecule has 266 valence electrons. The van der Waals surface area contributed by atoms with E-state index in [-0.39, 0.29) is 22.3 Å². The lowest BCUT2D eigenvalue weighted by Crippen LogP contribution is -2.25. The van der Waals surface area contributed by atoms with E-state index in [0.29, 0.717) is 17.4 Å². The fraction of sp³-hybridized carbons (Fsp3) is 0.579. The monoisotopic (exact) mass is 675 g/mol. The van der Waals surface area contributed by atoms with E-state index >= 15 is 0 Å². The molecule has 0 unspecified atom stereocenters. The van der Waals surface area contributed by atoms with Gasteiger partial charge in [0, 0.05) is 63.0 Å². The van der Waals surface area contributed by atoms with Crippen molar-refractivity contribution < 1.29 is 29.0 Å². The predicted molar refractivity (Wildman–Crippen MR) is 190 cm³/mol. The normalized spacial score (nSPS) is 16.5. The van der Waals surface area contributed by atoms with Crippen molar-refractivity contribution in [2.24, 2.45) is 11.8 Å². The number of nitrogens with zero attached hydrogens (tertiary/aromatic N) is 5. The number of aromatic carboxylic acids is 1. The maximum absolute atomic E-state index is 12.4. The summed E-state index contributed by atoms with van der Waals surface area (Å²) in [6.45, 7) is 18.2. The summed E-state index contributed by atoms with van der Waals surface area (Å²) in [5.74, 6) is 2.17. The number of carbonyl (C=O) groups is 2. The molecule has 11 nitrogen and oxygen atoms in total. The van der Waals surface area contributed by atoms with Gasteiger partial charge in [0.2, 0.25) is 0 Å². The van der Waals surface area contributed by atoms with Crippen LogP contribution in [0.2, 0.25) is 0 Å². The highest BCUT2D eigenvalue weighted by atomic mass is 16.7. The first-order chi connectivity index (χ1) is 23.2. The summed E-state index contributed by atoms with van der Waals surface area (Å²) in [5.41, 5.74) is 4.43. The van der Waals surface area contributed by atoms with Crippen molar-refractivity contribution >= 4 is 33.9 Å². The Morgan fingerprint density at radius 2 is 1.18 bits per heavy atom. The minimum absolute atomic E-state index is 0.0717. The molecule has 2 aliphatic rings. The van der Waals surface area contributed by atoms with Crippen LogP contribution in [0.3, 0.4) is 0 Å². The van der Waals surface area contributed by atoms with Gasteiger partial charge in [-0.05, 0) is 73.9 Å². The molecule has 0 radical (unpaired) electrons. The smallest absolute Gasteiger partial charge is 0.335 e. The molecule has 0 bridgehead atoms. The Hall–Kier alpha value is -3.80. The number of hydrogen-bond acceptors (Lipinski definition) is 7. The zero-order chi connectivity index (χ0) is 35.5. The Labute approximate surface area is 289 Å². The van der Waals surface area contributed by atoms with Crippen molar-refractivity contribution in [3.8, 4) is 0 Å². The third-order valence-electron chi connectivity index (χ3n) is 9.46. The lowest BCUT2D eigenvalue weighted by Gasteiger charge is -2.26. The lowest BCUT2D eigenvalue weighted by molar-refractivity contribution is -0.0756. The average Bonchev–Trinajstić information content (AvgIpc) is 3.63. The minimum Gasteiger partial charge on any atom is -0.478 e. The number of carbonyl (C=O) groups excluding carboxylic acids is 1. The fourth-order valence-electron chi connectivity index (χ4n) is 6.68. The quantitative estimate of drug-likeness (QED) is 0.211. The van der Waals surface area contributed by atoms with E-state index in [2.05, 4.69) is 50.7 Å². The van der Waals surface area contributed by atoms with Crippen LogP contribution in [-0.2, 0) is 38.2 Å². The molecule has 6 rings (SSSR count). The lowest BCUT2D eigenvalue weighted by atomic mass is 9.94. The molecule has 2 fully saturated rings. The number of hydroxylamine groups is 2. The van der Waals surface area contributed by atoms with Gasteiger partial charge in [0.15, 0.2) is 0 Å². The van der Waals surface area contributed by atoms with E-state index in [1.54, 1.807) is 19.2 Å². The van der Waals surface area contributed by atoms with Gasteiger partial charge in [-0.15, -0.1) is 0 Å². The Bertz CT molecular complexity index is 1770. The van der Waals surface area contributed by atoms with Crippen molar-refractivity contribution in [1.29, 1.82) is 0 Å². The second kappa shape index (κ2) is 15.0. The highest BCUT2D eigenvalue weighted by molar-refractivity contribution is 5.97. The molecule has 1 amide bonds. The van der Waals surface area contributed by atoms with E-state index in [0.717, 1.165) is 98.9 Å². The molecule has 2 saturated heterocycles. The molecule has 2 aromatic carbocycles. The highest BCUT2D eigenvalue weighted by Crippen LogP contribution is 2.31. The number of rotatable bonds is 7. The summed E-state index contributed by atoms with van der Waals surface area (Å²) in [7, 11) is 3.09. The van der Waals surface area contributed by atoms with Crippen LogP contribution >= 0.6 is 0 Å². The SMILES string of the molecule is CC(C)(C)c1nc2cc(C(=O)O)ccc2n1CC1CCOCC1.CON(C)C(=O)c1ccc2c(c1)nc(C(C)(C)C)n2CC1CCOCC1. The molecule has 0 atom stereocenters. The van der Waals surface area contributed by atoms with Gasteiger partial charge in [-0.25, -0.2) is 19.8 Å². The molecule has 11 heteroatoms. The molecule has 2 aliphatic heterocycles. The van der Waals surface area contributed by atoms with Crippen molar-refractivity contribution in [2.75, 3.05) is 40.6 Å². The van der Waals surface area contributed by atoms with Gasteiger partial charge in [-0.3, -0.25) is 9.63 Å². The second-order valence-corrected chi connectivity index (χ2v) is 15.4. The van der Waals surface area contributed by atoms with Gasteiger partial charge in [0.05, 0.1) is 34.7 Å². The number of hydrogen-bond donors (Lipinski definition) is 1. The summed E-state index contributed by atoms with van der Waals surface area (Å²) >= 11 is 0. The molecule has 0 saturated carbocycles. The van der Waals surface area contributed by atoms with Gasteiger partial charge < -0.3 is 23.7 Å². The highest BCUT2D eigenvalue weighted by Gasteiger charge is 2.27. The molecule has 0 spiro atoms. The maximum atomic E-state index is 12.4. The van der Waals surface area contributed by atoms with Gasteiger partial charge in [-0.1, -0.05) is 41.5 Å². The Morgan fingerprint density at radius 3 is 1.57 bits per heavy atom. The predicted octanol–water partition coefficient (Wildman–Crippen LogP) is 6.85. The average molecular weight is 676 g/mol. The Balaban J connectivity index is 0.000000192. The maximum Gasteiger partial charge on any atom is 0.335 e. The van der Waals surface area contributed by atoms with Crippen LogP contribution in [0.4, 0.5) is 0 Å². The fourth-order valence-corrected chi connectivity index (χ4v) is 6.68. The summed E-state index contributed by atoms with van der Waals surface area (Å²) in [6, 6.07) is 11.0. The third-order valence-corrected chi connectivity index (χ3v) is 9.46. The summed E-state index contributed by atoms with van der Waals surface area (Å²) < 4.78 is 15.6. The topological polar surface area (TPSA) is 121 Å². The van der Waals surface area contributed by atoms with E-state index < -0.39 is 5.97 Å². The van der Waals surface area contributed by atoms with Gasteiger partial charge in [-0.2, -0.15) is 0 Å². The Morgan fingerprint density at radius 1 is 0.776 bits per heavy atom. The number of imidazole rings is 2. The third kappa shape index (κ3) is 8.51. The van der Waals surface area contributed by atoms with Crippen LogP contribution in [-0.4, -0.2) is 81.7 Å². The molecular weight excluding hydrogens is 622 g/mol. The van der Waals surface area contributed by atoms with Gasteiger partial charge in [0.1, 0.15) is 11.6 Å². The number of amides is 1. The van der Waals surface area contributed by atoms with Crippen molar-refractivity contribution in [2.45, 2.75) is 91.1 Å². The van der Waals surface area contributed by atoms with Gasteiger partial charge >= 0.3 is 5.97 Å². The van der Waals surface area contributed by atoms with Crippen LogP contribution < -0.4 is 0 Å². The van der Waals surface area contributed by atoms with E-state index in [4.69, 9.17) is 24.3 Å². The molecule has 0 aliphatic carbocycles. The number of carboxylic acids is 1. The zero-order valence-corrected chi connectivity index (χ0v) is 30.4. The number of benzene rings is 2. The molecule has 2 aromatic heterocycles.